The molecule has 0 aliphatic carbocycles. The molecule has 5 rings (SSSR count). The van der Waals surface area contributed by atoms with Gasteiger partial charge in [-0.3, -0.25) is 9.59 Å². The van der Waals surface area contributed by atoms with Gasteiger partial charge in [0.25, 0.3) is 11.8 Å². The molecule has 0 aromatic heterocycles. The molecule has 3 aliphatic rings. The first-order chi connectivity index (χ1) is 17.2. The van der Waals surface area contributed by atoms with Gasteiger partial charge in [-0.15, -0.1) is 0 Å². The Morgan fingerprint density at radius 1 is 1.08 bits per heavy atom. The molecule has 2 aromatic carbocycles. The Kier molecular flexibility index (Phi) is 6.58. The Hall–Kier alpha value is -2.86. The first kappa shape index (κ1) is 24.8. The molecule has 2 N–H and O–H groups in total. The summed E-state index contributed by atoms with van der Waals surface area (Å²) in [6.07, 6.45) is 1.05. The maximum absolute atomic E-state index is 12.9. The van der Waals surface area contributed by atoms with E-state index in [1.165, 1.54) is 17.0 Å². The summed E-state index contributed by atoms with van der Waals surface area (Å²) in [6, 6.07) is 9.67. The maximum atomic E-state index is 12.9. The van der Waals surface area contributed by atoms with Crippen LogP contribution in [0.2, 0.25) is 5.02 Å². The first-order valence-corrected chi connectivity index (χ1v) is 13.7. The van der Waals surface area contributed by atoms with Crippen LogP contribution in [0.25, 0.3) is 10.8 Å². The van der Waals surface area contributed by atoms with Gasteiger partial charge in [-0.25, -0.2) is 8.42 Å². The van der Waals surface area contributed by atoms with E-state index in [2.05, 4.69) is 0 Å². The lowest BCUT2D eigenvalue weighted by Crippen LogP contribution is -2.51. The number of fused-ring (bicyclic) bond motifs is 2. The summed E-state index contributed by atoms with van der Waals surface area (Å²) in [6.45, 7) is 1.38. The highest BCUT2D eigenvalue weighted by molar-refractivity contribution is 7.91. The van der Waals surface area contributed by atoms with E-state index >= 15 is 0 Å². The Morgan fingerprint density at radius 2 is 1.78 bits per heavy atom. The maximum Gasteiger partial charge on any atom is 0.273 e. The Balaban J connectivity index is 1.18. The van der Waals surface area contributed by atoms with E-state index < -0.39 is 27.6 Å². The fourth-order valence-electron chi connectivity index (χ4n) is 5.04. The molecule has 36 heavy (non-hydrogen) atoms. The van der Waals surface area contributed by atoms with Gasteiger partial charge >= 0.3 is 0 Å². The smallest absolute Gasteiger partial charge is 0.273 e. The van der Waals surface area contributed by atoms with Gasteiger partial charge in [0.05, 0.1) is 24.0 Å². The van der Waals surface area contributed by atoms with Crippen molar-refractivity contribution in [2.24, 2.45) is 0 Å². The minimum atomic E-state index is -3.91. The van der Waals surface area contributed by atoms with Crippen LogP contribution in [-0.2, 0) is 19.4 Å². The minimum absolute atomic E-state index is 0.0324. The molecule has 1 atom stereocenters. The van der Waals surface area contributed by atoms with E-state index in [0.29, 0.717) is 55.4 Å². The number of aliphatic hydroxyl groups is 2. The van der Waals surface area contributed by atoms with Crippen LogP contribution in [0.15, 0.2) is 53.2 Å². The Morgan fingerprint density at radius 3 is 2.47 bits per heavy atom. The molecular formula is C24H27ClN4O6S. The molecule has 192 valence electrons. The van der Waals surface area contributed by atoms with Crippen molar-refractivity contribution in [3.05, 3.63) is 53.3 Å². The zero-order valence-corrected chi connectivity index (χ0v) is 21.0. The number of nitrogens with zero attached hydrogens (tertiary/aromatic N) is 4. The fraction of sp³-hybridized carbons (Fsp3) is 0.417. The second-order valence-electron chi connectivity index (χ2n) is 9.35. The number of likely N-dealkylation sites (tertiary alicyclic amines) is 1. The summed E-state index contributed by atoms with van der Waals surface area (Å²) in [5.74, 6) is -1.43. The second-order valence-corrected chi connectivity index (χ2v) is 11.8. The Labute approximate surface area is 213 Å². The number of sulfone groups is 1. The van der Waals surface area contributed by atoms with E-state index in [1.807, 2.05) is 4.90 Å². The molecule has 3 aliphatic heterocycles. The monoisotopic (exact) mass is 534 g/mol. The van der Waals surface area contributed by atoms with Gasteiger partial charge in [-0.1, -0.05) is 23.7 Å². The number of benzene rings is 2. The molecule has 0 radical (unpaired) electrons. The number of hydrogen-bond donors (Lipinski definition) is 2. The van der Waals surface area contributed by atoms with Crippen molar-refractivity contribution in [1.82, 2.24) is 19.6 Å². The normalized spacial score (nSPS) is 19.8. The third-order valence-electron chi connectivity index (χ3n) is 6.99. The lowest BCUT2D eigenvalue weighted by molar-refractivity contribution is -0.141. The van der Waals surface area contributed by atoms with Crippen molar-refractivity contribution in [2.75, 3.05) is 38.9 Å². The van der Waals surface area contributed by atoms with Gasteiger partial charge in [0.15, 0.2) is 9.84 Å². The SMILES string of the molecule is O=C([C@H](O)CS(=O)(=O)c1ccc2cc(Cl)ccc2c1)N1CCC(N2CN3CN(CO)C=C3C2=O)CC1. The first-order valence-electron chi connectivity index (χ1n) is 11.7. The quantitative estimate of drug-likeness (QED) is 0.558. The molecule has 0 saturated carbocycles. The van der Waals surface area contributed by atoms with Gasteiger partial charge in [-0.05, 0) is 47.9 Å². The molecule has 0 spiro atoms. The number of amides is 2. The van der Waals surface area contributed by atoms with Crippen LogP contribution in [0.5, 0.6) is 0 Å². The van der Waals surface area contributed by atoms with E-state index in [0.717, 1.165) is 5.39 Å². The van der Waals surface area contributed by atoms with E-state index in [1.54, 1.807) is 40.3 Å². The molecule has 3 heterocycles. The standard InChI is InChI=1S/C24H27ClN4O6S/c25-18-3-1-17-10-20(4-2-16(17)9-18)36(34,35)12-22(31)24(33)27-7-5-19(6-8-27)29-14-28-13-26(15-30)11-21(28)23(29)32/h1-4,9-11,19,22,30-31H,5-8,12-15H2/t22-/m1/s1. The average molecular weight is 535 g/mol. The van der Waals surface area contributed by atoms with Crippen LogP contribution in [0.3, 0.4) is 0 Å². The number of rotatable bonds is 6. The summed E-state index contributed by atoms with van der Waals surface area (Å²) in [5.41, 5.74) is 0.556. The molecule has 0 bridgehead atoms. The molecule has 10 nitrogen and oxygen atoms in total. The van der Waals surface area contributed by atoms with Crippen LogP contribution < -0.4 is 0 Å². The van der Waals surface area contributed by atoms with Crippen molar-refractivity contribution in [1.29, 1.82) is 0 Å². The molecule has 0 unspecified atom stereocenters. The molecule has 2 saturated heterocycles. The van der Waals surface area contributed by atoms with Gasteiger partial charge < -0.3 is 29.8 Å². The zero-order chi connectivity index (χ0) is 25.6. The fourth-order valence-corrected chi connectivity index (χ4v) is 6.55. The number of piperidine rings is 1. The minimum Gasteiger partial charge on any atom is -0.382 e. The number of aliphatic hydroxyl groups excluding tert-OH is 2. The molecule has 2 aromatic rings. The summed E-state index contributed by atoms with van der Waals surface area (Å²) in [4.78, 5) is 32.4. The number of halogens is 1. The third-order valence-corrected chi connectivity index (χ3v) is 8.96. The van der Waals surface area contributed by atoms with Gasteiger partial charge in [0.1, 0.15) is 18.5 Å². The lowest BCUT2D eigenvalue weighted by atomic mass is 10.0. The molecule has 2 amide bonds. The van der Waals surface area contributed by atoms with Gasteiger partial charge in [0, 0.05) is 30.4 Å². The summed E-state index contributed by atoms with van der Waals surface area (Å²) in [5, 5.41) is 21.8. The highest BCUT2D eigenvalue weighted by atomic mass is 35.5. The van der Waals surface area contributed by atoms with Crippen LogP contribution >= 0.6 is 11.6 Å². The molecular weight excluding hydrogens is 508 g/mol. The van der Waals surface area contributed by atoms with Crippen molar-refractivity contribution >= 4 is 44.0 Å². The lowest BCUT2D eigenvalue weighted by Gasteiger charge is -2.37. The van der Waals surface area contributed by atoms with Crippen LogP contribution in [-0.4, -0.2) is 101 Å². The summed E-state index contributed by atoms with van der Waals surface area (Å²) in [7, 11) is -3.91. The van der Waals surface area contributed by atoms with E-state index in [4.69, 9.17) is 11.6 Å². The Bertz CT molecular complexity index is 1340. The van der Waals surface area contributed by atoms with Crippen LogP contribution in [0.4, 0.5) is 0 Å². The highest BCUT2D eigenvalue weighted by Crippen LogP contribution is 2.30. The predicted octanol–water partition coefficient (Wildman–Crippen LogP) is 0.785. The summed E-state index contributed by atoms with van der Waals surface area (Å²) < 4.78 is 25.8. The number of carbonyl (C=O) groups is 2. The molecule has 2 fully saturated rings. The second kappa shape index (κ2) is 9.55. The summed E-state index contributed by atoms with van der Waals surface area (Å²) >= 11 is 5.98. The van der Waals surface area contributed by atoms with E-state index in [9.17, 15) is 28.2 Å². The van der Waals surface area contributed by atoms with Crippen molar-refractivity contribution in [3.8, 4) is 0 Å². The van der Waals surface area contributed by atoms with E-state index in [-0.39, 0.29) is 23.6 Å². The van der Waals surface area contributed by atoms with Crippen molar-refractivity contribution in [2.45, 2.75) is 29.9 Å². The van der Waals surface area contributed by atoms with Crippen LogP contribution in [0, 0.1) is 0 Å². The average Bonchev–Trinajstić information content (AvgIpc) is 3.41. The zero-order valence-electron chi connectivity index (χ0n) is 19.5. The largest absolute Gasteiger partial charge is 0.382 e. The molecule has 12 heteroatoms. The third kappa shape index (κ3) is 4.63. The highest BCUT2D eigenvalue weighted by Gasteiger charge is 2.42. The topological polar surface area (TPSA) is 122 Å². The predicted molar refractivity (Wildman–Crippen MR) is 132 cm³/mol. The number of carbonyl (C=O) groups excluding carboxylic acids is 2. The van der Waals surface area contributed by atoms with Crippen molar-refractivity contribution < 1.29 is 28.2 Å². The number of hydrogen-bond acceptors (Lipinski definition) is 8. The van der Waals surface area contributed by atoms with Gasteiger partial charge in [-0.2, -0.15) is 0 Å². The van der Waals surface area contributed by atoms with Crippen molar-refractivity contribution in [3.63, 3.8) is 0 Å². The van der Waals surface area contributed by atoms with Crippen LogP contribution in [0.1, 0.15) is 12.8 Å². The van der Waals surface area contributed by atoms with Gasteiger partial charge in [0.2, 0.25) is 0 Å².